The summed E-state index contributed by atoms with van der Waals surface area (Å²) in [5, 5.41) is 12.1. The Morgan fingerprint density at radius 2 is 1.62 bits per heavy atom. The molecular formula is C17H21NO3. The Kier molecular flexibility index (Phi) is 5.60. The predicted octanol–water partition coefficient (Wildman–Crippen LogP) is 2.49. The van der Waals surface area contributed by atoms with Gasteiger partial charge in [-0.2, -0.15) is 0 Å². The average molecular weight is 287 g/mol. The summed E-state index contributed by atoms with van der Waals surface area (Å²) < 4.78 is 11.2. The van der Waals surface area contributed by atoms with Crippen LogP contribution in [-0.4, -0.2) is 19.3 Å². The first-order valence-electron chi connectivity index (χ1n) is 6.90. The Labute approximate surface area is 125 Å². The molecule has 0 atom stereocenters. The standard InChI is InChI=1S/C17H21NO3/c1-18-10-15-7-8-16(17(9-15)20-2)21-12-14-5-3-13(11-19)4-6-14/h3-9,18-19H,10-12H2,1-2H3. The van der Waals surface area contributed by atoms with E-state index < -0.39 is 0 Å². The van der Waals surface area contributed by atoms with Crippen molar-refractivity contribution in [3.8, 4) is 11.5 Å². The minimum absolute atomic E-state index is 0.0574. The minimum Gasteiger partial charge on any atom is -0.493 e. The van der Waals surface area contributed by atoms with Gasteiger partial charge in [0.15, 0.2) is 11.5 Å². The van der Waals surface area contributed by atoms with E-state index >= 15 is 0 Å². The van der Waals surface area contributed by atoms with Gasteiger partial charge in [-0.05, 0) is 35.9 Å². The lowest BCUT2D eigenvalue weighted by atomic mass is 10.1. The van der Waals surface area contributed by atoms with E-state index in [0.717, 1.165) is 34.7 Å². The third-order valence-corrected chi connectivity index (χ3v) is 3.21. The van der Waals surface area contributed by atoms with E-state index in [-0.39, 0.29) is 6.61 Å². The van der Waals surface area contributed by atoms with Gasteiger partial charge in [-0.25, -0.2) is 0 Å². The number of hydrogen-bond acceptors (Lipinski definition) is 4. The zero-order valence-electron chi connectivity index (χ0n) is 12.4. The first-order valence-corrected chi connectivity index (χ1v) is 6.90. The molecule has 0 bridgehead atoms. The molecule has 0 heterocycles. The molecule has 2 N–H and O–H groups in total. The van der Waals surface area contributed by atoms with Crippen LogP contribution in [0.4, 0.5) is 0 Å². The molecule has 0 aromatic heterocycles. The number of nitrogens with one attached hydrogen (secondary N) is 1. The fraction of sp³-hybridized carbons (Fsp3) is 0.294. The van der Waals surface area contributed by atoms with Crippen LogP contribution in [0.2, 0.25) is 0 Å². The molecule has 0 saturated carbocycles. The lowest BCUT2D eigenvalue weighted by Gasteiger charge is -2.12. The summed E-state index contributed by atoms with van der Waals surface area (Å²) in [6.45, 7) is 1.31. The fourth-order valence-electron chi connectivity index (χ4n) is 2.05. The van der Waals surface area contributed by atoms with Crippen LogP contribution in [0.1, 0.15) is 16.7 Å². The van der Waals surface area contributed by atoms with Gasteiger partial charge in [-0.1, -0.05) is 30.3 Å². The summed E-state index contributed by atoms with van der Waals surface area (Å²) in [5.74, 6) is 1.46. The molecule has 0 saturated heterocycles. The number of aliphatic hydroxyl groups excluding tert-OH is 1. The third kappa shape index (κ3) is 4.21. The summed E-state index contributed by atoms with van der Waals surface area (Å²) in [5.41, 5.74) is 3.09. The number of benzene rings is 2. The van der Waals surface area contributed by atoms with Crippen LogP contribution in [0.5, 0.6) is 11.5 Å². The topological polar surface area (TPSA) is 50.7 Å². The minimum atomic E-state index is 0.0574. The van der Waals surface area contributed by atoms with Crippen LogP contribution in [0.25, 0.3) is 0 Å². The van der Waals surface area contributed by atoms with Crippen molar-refractivity contribution in [2.75, 3.05) is 14.2 Å². The molecule has 0 fully saturated rings. The van der Waals surface area contributed by atoms with E-state index in [1.807, 2.05) is 49.5 Å². The predicted molar refractivity (Wildman–Crippen MR) is 82.5 cm³/mol. The molecule has 2 aromatic carbocycles. The smallest absolute Gasteiger partial charge is 0.161 e. The molecule has 0 unspecified atom stereocenters. The number of aliphatic hydroxyl groups is 1. The molecule has 0 aliphatic rings. The first-order chi connectivity index (χ1) is 10.3. The summed E-state index contributed by atoms with van der Waals surface area (Å²) in [7, 11) is 3.55. The maximum absolute atomic E-state index is 9.02. The van der Waals surface area contributed by atoms with Gasteiger partial charge in [0.25, 0.3) is 0 Å². The lowest BCUT2D eigenvalue weighted by Crippen LogP contribution is -2.05. The molecule has 21 heavy (non-hydrogen) atoms. The van der Waals surface area contributed by atoms with Gasteiger partial charge < -0.3 is 19.9 Å². The Hall–Kier alpha value is -2.04. The second-order valence-corrected chi connectivity index (χ2v) is 4.78. The average Bonchev–Trinajstić information content (AvgIpc) is 2.54. The molecule has 2 rings (SSSR count). The zero-order valence-corrected chi connectivity index (χ0v) is 12.4. The van der Waals surface area contributed by atoms with Crippen LogP contribution in [0.3, 0.4) is 0 Å². The second kappa shape index (κ2) is 7.67. The summed E-state index contributed by atoms with van der Waals surface area (Å²) in [6.07, 6.45) is 0. The van der Waals surface area contributed by atoms with Crippen molar-refractivity contribution in [2.24, 2.45) is 0 Å². The molecule has 0 aliphatic heterocycles. The van der Waals surface area contributed by atoms with Gasteiger partial charge in [-0.3, -0.25) is 0 Å². The SMILES string of the molecule is CNCc1ccc(OCc2ccc(CO)cc2)c(OC)c1. The van der Waals surface area contributed by atoms with Crippen LogP contribution < -0.4 is 14.8 Å². The first kappa shape index (κ1) is 15.4. The molecule has 4 nitrogen and oxygen atoms in total. The highest BCUT2D eigenvalue weighted by Crippen LogP contribution is 2.28. The Bertz CT molecular complexity index is 567. The monoisotopic (exact) mass is 287 g/mol. The Morgan fingerprint density at radius 3 is 2.24 bits per heavy atom. The van der Waals surface area contributed by atoms with E-state index in [1.54, 1.807) is 7.11 Å². The highest BCUT2D eigenvalue weighted by molar-refractivity contribution is 5.43. The van der Waals surface area contributed by atoms with Gasteiger partial charge >= 0.3 is 0 Å². The largest absolute Gasteiger partial charge is 0.493 e. The Balaban J connectivity index is 2.04. The normalized spacial score (nSPS) is 10.4. The van der Waals surface area contributed by atoms with Gasteiger partial charge in [-0.15, -0.1) is 0 Å². The van der Waals surface area contributed by atoms with Crippen molar-refractivity contribution in [3.05, 3.63) is 59.2 Å². The molecule has 0 spiro atoms. The molecular weight excluding hydrogens is 266 g/mol. The van der Waals surface area contributed by atoms with Gasteiger partial charge in [0.1, 0.15) is 6.61 Å². The molecule has 0 amide bonds. The zero-order chi connectivity index (χ0) is 15.1. The van der Waals surface area contributed by atoms with Crippen LogP contribution in [0, 0.1) is 0 Å². The van der Waals surface area contributed by atoms with Gasteiger partial charge in [0.05, 0.1) is 13.7 Å². The van der Waals surface area contributed by atoms with Crippen molar-refractivity contribution in [1.82, 2.24) is 5.32 Å². The lowest BCUT2D eigenvalue weighted by molar-refractivity contribution is 0.279. The summed E-state index contributed by atoms with van der Waals surface area (Å²) in [6, 6.07) is 13.6. The van der Waals surface area contributed by atoms with Gasteiger partial charge in [0.2, 0.25) is 0 Å². The van der Waals surface area contributed by atoms with E-state index in [1.165, 1.54) is 0 Å². The maximum atomic E-state index is 9.02. The molecule has 112 valence electrons. The van der Waals surface area contributed by atoms with Crippen LogP contribution in [0.15, 0.2) is 42.5 Å². The number of hydrogen-bond donors (Lipinski definition) is 2. The maximum Gasteiger partial charge on any atom is 0.161 e. The third-order valence-electron chi connectivity index (χ3n) is 3.21. The molecule has 0 aliphatic carbocycles. The van der Waals surface area contributed by atoms with E-state index in [4.69, 9.17) is 14.6 Å². The van der Waals surface area contributed by atoms with E-state index in [9.17, 15) is 0 Å². The molecule has 4 heteroatoms. The van der Waals surface area contributed by atoms with Crippen molar-refractivity contribution < 1.29 is 14.6 Å². The highest BCUT2D eigenvalue weighted by Gasteiger charge is 2.06. The van der Waals surface area contributed by atoms with Crippen LogP contribution >= 0.6 is 0 Å². The van der Waals surface area contributed by atoms with E-state index in [0.29, 0.717) is 6.61 Å². The number of rotatable bonds is 7. The van der Waals surface area contributed by atoms with Crippen molar-refractivity contribution in [1.29, 1.82) is 0 Å². The van der Waals surface area contributed by atoms with Crippen LogP contribution in [-0.2, 0) is 19.8 Å². The number of methoxy groups -OCH3 is 1. The molecule has 0 radical (unpaired) electrons. The van der Waals surface area contributed by atoms with Crippen molar-refractivity contribution in [2.45, 2.75) is 19.8 Å². The highest BCUT2D eigenvalue weighted by atomic mass is 16.5. The van der Waals surface area contributed by atoms with Crippen molar-refractivity contribution in [3.63, 3.8) is 0 Å². The van der Waals surface area contributed by atoms with Gasteiger partial charge in [0, 0.05) is 6.54 Å². The summed E-state index contributed by atoms with van der Waals surface area (Å²) in [4.78, 5) is 0. The Morgan fingerprint density at radius 1 is 0.952 bits per heavy atom. The quantitative estimate of drug-likeness (QED) is 0.821. The fourth-order valence-corrected chi connectivity index (χ4v) is 2.05. The molecule has 2 aromatic rings. The van der Waals surface area contributed by atoms with Crippen molar-refractivity contribution >= 4 is 0 Å². The second-order valence-electron chi connectivity index (χ2n) is 4.78. The number of ether oxygens (including phenoxy) is 2. The summed E-state index contributed by atoms with van der Waals surface area (Å²) >= 11 is 0. The van der Waals surface area contributed by atoms with E-state index in [2.05, 4.69) is 5.32 Å².